The van der Waals surface area contributed by atoms with Crippen LogP contribution in [0.2, 0.25) is 10.0 Å². The second-order valence-electron chi connectivity index (χ2n) is 4.03. The van der Waals surface area contributed by atoms with E-state index in [1.807, 2.05) is 0 Å². The first kappa shape index (κ1) is 11.2. The van der Waals surface area contributed by atoms with Crippen molar-refractivity contribution >= 4 is 23.2 Å². The molecule has 2 rings (SSSR count). The van der Waals surface area contributed by atoms with Crippen LogP contribution in [0.3, 0.4) is 0 Å². The highest BCUT2D eigenvalue weighted by atomic mass is 35.5. The minimum atomic E-state index is -0.936. The minimum Gasteiger partial charge on any atom is -0.384 e. The van der Waals surface area contributed by atoms with E-state index in [1.165, 1.54) is 0 Å². The van der Waals surface area contributed by atoms with Gasteiger partial charge in [-0.3, -0.25) is 0 Å². The molecule has 1 aromatic rings. The van der Waals surface area contributed by atoms with Gasteiger partial charge in [0.1, 0.15) is 5.60 Å². The molecule has 0 aliphatic heterocycles. The maximum atomic E-state index is 10.4. The molecule has 4 heteroatoms. The van der Waals surface area contributed by atoms with Crippen LogP contribution in [0, 0.1) is 5.92 Å². The van der Waals surface area contributed by atoms with Crippen molar-refractivity contribution in [1.82, 2.24) is 0 Å². The molecule has 1 aliphatic rings. The summed E-state index contributed by atoms with van der Waals surface area (Å²) in [6.45, 7) is 0.218. The number of benzene rings is 1. The summed E-state index contributed by atoms with van der Waals surface area (Å²) in [6, 6.07) is 5.19. The Balaban J connectivity index is 2.38. The maximum absolute atomic E-state index is 10.4. The quantitative estimate of drug-likeness (QED) is 0.860. The predicted molar refractivity (Wildman–Crippen MR) is 62.1 cm³/mol. The molecule has 0 heterocycles. The smallest absolute Gasteiger partial charge is 0.105 e. The third-order valence-corrected chi connectivity index (χ3v) is 3.72. The normalized spacial score (nSPS) is 20.0. The van der Waals surface area contributed by atoms with Gasteiger partial charge in [0.05, 0.1) is 10.0 Å². The molecular formula is C11H13Cl2NO. The molecule has 1 fully saturated rings. The Kier molecular flexibility index (Phi) is 2.95. The summed E-state index contributed by atoms with van der Waals surface area (Å²) in [7, 11) is 0. The summed E-state index contributed by atoms with van der Waals surface area (Å²) in [6.07, 6.45) is 2.04. The van der Waals surface area contributed by atoms with Crippen LogP contribution in [0.25, 0.3) is 0 Å². The first-order chi connectivity index (χ1) is 7.08. The molecule has 1 atom stereocenters. The van der Waals surface area contributed by atoms with Gasteiger partial charge in [-0.05, 0) is 36.5 Å². The number of hydrogen-bond acceptors (Lipinski definition) is 2. The van der Waals surface area contributed by atoms with Crippen LogP contribution in [0.4, 0.5) is 0 Å². The van der Waals surface area contributed by atoms with Crippen molar-refractivity contribution in [2.45, 2.75) is 18.4 Å². The van der Waals surface area contributed by atoms with Gasteiger partial charge in [0.15, 0.2) is 0 Å². The van der Waals surface area contributed by atoms with E-state index in [1.54, 1.807) is 18.2 Å². The Morgan fingerprint density at radius 2 is 2.00 bits per heavy atom. The molecule has 3 N–H and O–H groups in total. The SMILES string of the molecule is NCC(O)(c1ccc(Cl)c(Cl)c1)C1CC1. The van der Waals surface area contributed by atoms with E-state index in [4.69, 9.17) is 28.9 Å². The molecule has 1 aliphatic carbocycles. The Morgan fingerprint density at radius 1 is 1.33 bits per heavy atom. The monoisotopic (exact) mass is 245 g/mol. The Hall–Kier alpha value is -0.280. The van der Waals surface area contributed by atoms with Gasteiger partial charge in [-0.15, -0.1) is 0 Å². The van der Waals surface area contributed by atoms with Crippen molar-refractivity contribution in [1.29, 1.82) is 0 Å². The van der Waals surface area contributed by atoms with Gasteiger partial charge in [-0.2, -0.15) is 0 Å². The molecule has 1 saturated carbocycles. The largest absolute Gasteiger partial charge is 0.384 e. The maximum Gasteiger partial charge on any atom is 0.105 e. The number of nitrogens with two attached hydrogens (primary N) is 1. The van der Waals surface area contributed by atoms with Crippen LogP contribution in [0.1, 0.15) is 18.4 Å². The zero-order valence-corrected chi connectivity index (χ0v) is 9.72. The lowest BCUT2D eigenvalue weighted by atomic mass is 9.89. The van der Waals surface area contributed by atoms with Crippen molar-refractivity contribution in [2.24, 2.45) is 11.7 Å². The third-order valence-electron chi connectivity index (χ3n) is 2.98. The summed E-state index contributed by atoms with van der Waals surface area (Å²) in [5.41, 5.74) is 5.47. The molecule has 0 aromatic heterocycles. The van der Waals surface area contributed by atoms with Crippen molar-refractivity contribution in [2.75, 3.05) is 6.54 Å². The summed E-state index contributed by atoms with van der Waals surface area (Å²) < 4.78 is 0. The fraction of sp³-hybridized carbons (Fsp3) is 0.455. The summed E-state index contributed by atoms with van der Waals surface area (Å²) in [5, 5.41) is 11.4. The second kappa shape index (κ2) is 3.95. The van der Waals surface area contributed by atoms with Crippen LogP contribution in [-0.4, -0.2) is 11.7 Å². The number of rotatable bonds is 3. The first-order valence-electron chi connectivity index (χ1n) is 4.96. The lowest BCUT2D eigenvalue weighted by Gasteiger charge is -2.27. The molecule has 0 saturated heterocycles. The number of hydrogen-bond donors (Lipinski definition) is 2. The Labute approximate surface area is 99.0 Å². The van der Waals surface area contributed by atoms with E-state index in [-0.39, 0.29) is 12.5 Å². The van der Waals surface area contributed by atoms with E-state index in [0.717, 1.165) is 18.4 Å². The van der Waals surface area contributed by atoms with Gasteiger partial charge in [0.25, 0.3) is 0 Å². The molecule has 15 heavy (non-hydrogen) atoms. The molecule has 0 radical (unpaired) electrons. The molecule has 0 amide bonds. The molecule has 2 nitrogen and oxygen atoms in total. The van der Waals surface area contributed by atoms with E-state index in [9.17, 15) is 5.11 Å². The van der Waals surface area contributed by atoms with Gasteiger partial charge < -0.3 is 10.8 Å². The average molecular weight is 246 g/mol. The van der Waals surface area contributed by atoms with E-state index in [0.29, 0.717) is 10.0 Å². The van der Waals surface area contributed by atoms with Gasteiger partial charge in [-0.1, -0.05) is 29.3 Å². The molecule has 0 bridgehead atoms. The zero-order chi connectivity index (χ0) is 11.1. The molecule has 0 spiro atoms. The lowest BCUT2D eigenvalue weighted by molar-refractivity contribution is 0.0222. The molecular weight excluding hydrogens is 233 g/mol. The van der Waals surface area contributed by atoms with Crippen molar-refractivity contribution in [3.05, 3.63) is 33.8 Å². The van der Waals surface area contributed by atoms with Gasteiger partial charge in [0.2, 0.25) is 0 Å². The number of aliphatic hydroxyl groups is 1. The second-order valence-corrected chi connectivity index (χ2v) is 4.85. The molecule has 1 unspecified atom stereocenters. The van der Waals surface area contributed by atoms with Crippen LogP contribution >= 0.6 is 23.2 Å². The van der Waals surface area contributed by atoms with E-state index in [2.05, 4.69) is 0 Å². The van der Waals surface area contributed by atoms with E-state index >= 15 is 0 Å². The van der Waals surface area contributed by atoms with Crippen molar-refractivity contribution < 1.29 is 5.11 Å². The highest BCUT2D eigenvalue weighted by Crippen LogP contribution is 2.45. The zero-order valence-electron chi connectivity index (χ0n) is 8.21. The van der Waals surface area contributed by atoms with Gasteiger partial charge >= 0.3 is 0 Å². The minimum absolute atomic E-state index is 0.218. The summed E-state index contributed by atoms with van der Waals surface area (Å²) in [4.78, 5) is 0. The molecule has 82 valence electrons. The predicted octanol–water partition coefficient (Wildman–Crippen LogP) is 2.55. The highest BCUT2D eigenvalue weighted by molar-refractivity contribution is 6.42. The first-order valence-corrected chi connectivity index (χ1v) is 5.71. The summed E-state index contributed by atoms with van der Waals surface area (Å²) in [5.74, 6) is 0.264. The van der Waals surface area contributed by atoms with Crippen LogP contribution < -0.4 is 5.73 Å². The van der Waals surface area contributed by atoms with Crippen LogP contribution in [0.15, 0.2) is 18.2 Å². The van der Waals surface area contributed by atoms with Gasteiger partial charge in [0, 0.05) is 6.54 Å². The Morgan fingerprint density at radius 3 is 2.47 bits per heavy atom. The molecule has 1 aromatic carbocycles. The highest BCUT2D eigenvalue weighted by Gasteiger charge is 2.44. The van der Waals surface area contributed by atoms with Crippen molar-refractivity contribution in [3.63, 3.8) is 0 Å². The van der Waals surface area contributed by atoms with Crippen LogP contribution in [0.5, 0.6) is 0 Å². The average Bonchev–Trinajstić information content (AvgIpc) is 3.04. The fourth-order valence-corrected chi connectivity index (χ4v) is 2.14. The lowest BCUT2D eigenvalue weighted by Crippen LogP contribution is -2.37. The number of halogens is 2. The Bertz CT molecular complexity index is 379. The van der Waals surface area contributed by atoms with Gasteiger partial charge in [-0.25, -0.2) is 0 Å². The van der Waals surface area contributed by atoms with E-state index < -0.39 is 5.60 Å². The summed E-state index contributed by atoms with van der Waals surface area (Å²) >= 11 is 11.7. The fourth-order valence-electron chi connectivity index (χ4n) is 1.85. The topological polar surface area (TPSA) is 46.2 Å². The van der Waals surface area contributed by atoms with Crippen LogP contribution in [-0.2, 0) is 5.60 Å². The van der Waals surface area contributed by atoms with Crippen molar-refractivity contribution in [3.8, 4) is 0 Å². The standard InChI is InChI=1S/C11H13Cl2NO/c12-9-4-3-8(5-10(9)13)11(15,6-14)7-1-2-7/h3-5,7,15H,1-2,6,14H2. The third kappa shape index (κ3) is 2.00.